The minimum Gasteiger partial charge on any atom is -0.493 e. The zero-order chi connectivity index (χ0) is 17.9. The summed E-state index contributed by atoms with van der Waals surface area (Å²) >= 11 is 0. The van der Waals surface area contributed by atoms with E-state index in [9.17, 15) is 9.18 Å². The summed E-state index contributed by atoms with van der Waals surface area (Å²) < 4.78 is 21.0. The number of aromatic nitrogens is 2. The van der Waals surface area contributed by atoms with Crippen molar-refractivity contribution in [2.75, 3.05) is 6.61 Å². The van der Waals surface area contributed by atoms with Gasteiger partial charge in [0, 0.05) is 24.6 Å². The molecule has 3 aromatic rings. The first kappa shape index (κ1) is 16.6. The zero-order valence-electron chi connectivity index (χ0n) is 14.3. The molecule has 0 saturated heterocycles. The van der Waals surface area contributed by atoms with Crippen LogP contribution < -0.4 is 10.1 Å². The minimum absolute atomic E-state index is 0.0371. The van der Waals surface area contributed by atoms with Crippen LogP contribution in [-0.2, 0) is 11.3 Å². The van der Waals surface area contributed by atoms with E-state index in [1.165, 1.54) is 12.1 Å². The lowest BCUT2D eigenvalue weighted by atomic mass is 10.0. The van der Waals surface area contributed by atoms with Crippen molar-refractivity contribution in [3.63, 3.8) is 0 Å². The number of nitrogens with one attached hydrogen (secondary N) is 1. The van der Waals surface area contributed by atoms with Crippen molar-refractivity contribution < 1.29 is 13.9 Å². The van der Waals surface area contributed by atoms with E-state index in [4.69, 9.17) is 4.74 Å². The van der Waals surface area contributed by atoms with Crippen molar-refractivity contribution >= 4 is 16.9 Å². The average Bonchev–Trinajstić information content (AvgIpc) is 2.96. The van der Waals surface area contributed by atoms with Crippen LogP contribution in [0.5, 0.6) is 5.75 Å². The standard InChI is InChI=1S/C20H20FN3O2/c21-14-7-8-15-16(5-3-11-26-19(15)12-14)23-20(25)9-10-24-13-22-17-4-1-2-6-18(17)24/h1-2,4,6-8,12-13,16H,3,5,9-11H2,(H,23,25). The molecule has 0 spiro atoms. The third-order valence-corrected chi connectivity index (χ3v) is 4.69. The first-order valence-corrected chi connectivity index (χ1v) is 8.82. The van der Waals surface area contributed by atoms with Crippen LogP contribution in [0.4, 0.5) is 4.39 Å². The molecule has 0 fully saturated rings. The number of hydrogen-bond acceptors (Lipinski definition) is 3. The van der Waals surface area contributed by atoms with E-state index in [0.29, 0.717) is 25.3 Å². The fourth-order valence-electron chi connectivity index (χ4n) is 3.37. The van der Waals surface area contributed by atoms with Crippen molar-refractivity contribution in [3.8, 4) is 5.75 Å². The molecule has 1 aliphatic heterocycles. The Balaban J connectivity index is 1.43. The molecule has 2 heterocycles. The van der Waals surface area contributed by atoms with E-state index < -0.39 is 0 Å². The molecule has 1 unspecified atom stereocenters. The lowest BCUT2D eigenvalue weighted by Gasteiger charge is -2.18. The second-order valence-corrected chi connectivity index (χ2v) is 6.47. The normalized spacial score (nSPS) is 16.6. The molecule has 0 aliphatic carbocycles. The Kier molecular flexibility index (Phi) is 4.56. The topological polar surface area (TPSA) is 56.2 Å². The van der Waals surface area contributed by atoms with Gasteiger partial charge in [-0.15, -0.1) is 0 Å². The quantitative estimate of drug-likeness (QED) is 0.780. The molecule has 1 N–H and O–H groups in total. The van der Waals surface area contributed by atoms with Crippen LogP contribution in [0.2, 0.25) is 0 Å². The molecule has 1 aliphatic rings. The maximum atomic E-state index is 13.4. The highest BCUT2D eigenvalue weighted by molar-refractivity contribution is 5.78. The van der Waals surface area contributed by atoms with Gasteiger partial charge < -0.3 is 14.6 Å². The number of halogens is 1. The van der Waals surface area contributed by atoms with E-state index in [1.54, 1.807) is 12.4 Å². The number of amides is 1. The number of imidazole rings is 1. The van der Waals surface area contributed by atoms with Gasteiger partial charge in [-0.2, -0.15) is 0 Å². The van der Waals surface area contributed by atoms with Crippen molar-refractivity contribution in [2.45, 2.75) is 31.8 Å². The molecule has 1 amide bonds. The van der Waals surface area contributed by atoms with Gasteiger partial charge in [0.05, 0.1) is 30.0 Å². The summed E-state index contributed by atoms with van der Waals surface area (Å²) in [6.45, 7) is 1.09. The van der Waals surface area contributed by atoms with Crippen LogP contribution in [-0.4, -0.2) is 22.1 Å². The number of para-hydroxylation sites is 2. The number of fused-ring (bicyclic) bond motifs is 2. The third-order valence-electron chi connectivity index (χ3n) is 4.69. The van der Waals surface area contributed by atoms with Gasteiger partial charge in [-0.05, 0) is 31.0 Å². The van der Waals surface area contributed by atoms with E-state index in [2.05, 4.69) is 10.3 Å². The molecule has 0 saturated carbocycles. The van der Waals surface area contributed by atoms with Gasteiger partial charge in [0.25, 0.3) is 0 Å². The summed E-state index contributed by atoms with van der Waals surface area (Å²) in [7, 11) is 0. The Morgan fingerprint density at radius 2 is 2.19 bits per heavy atom. The highest BCUT2D eigenvalue weighted by atomic mass is 19.1. The summed E-state index contributed by atoms with van der Waals surface area (Å²) in [5.41, 5.74) is 2.78. The minimum atomic E-state index is -0.331. The molecule has 26 heavy (non-hydrogen) atoms. The van der Waals surface area contributed by atoms with E-state index in [0.717, 1.165) is 29.4 Å². The fraction of sp³-hybridized carbons (Fsp3) is 0.300. The van der Waals surface area contributed by atoms with Gasteiger partial charge in [-0.1, -0.05) is 18.2 Å². The van der Waals surface area contributed by atoms with Gasteiger partial charge in [0.1, 0.15) is 11.6 Å². The highest BCUT2D eigenvalue weighted by Gasteiger charge is 2.22. The van der Waals surface area contributed by atoms with Crippen molar-refractivity contribution in [2.24, 2.45) is 0 Å². The van der Waals surface area contributed by atoms with Crippen molar-refractivity contribution in [1.82, 2.24) is 14.9 Å². The van der Waals surface area contributed by atoms with Gasteiger partial charge in [0.2, 0.25) is 5.91 Å². The van der Waals surface area contributed by atoms with Crippen LogP contribution in [0.3, 0.4) is 0 Å². The SMILES string of the molecule is O=C(CCn1cnc2ccccc21)NC1CCCOc2cc(F)ccc21. The lowest BCUT2D eigenvalue weighted by Crippen LogP contribution is -2.29. The first-order valence-electron chi connectivity index (χ1n) is 8.82. The number of rotatable bonds is 4. The molecule has 1 atom stereocenters. The largest absolute Gasteiger partial charge is 0.493 e. The lowest BCUT2D eigenvalue weighted by molar-refractivity contribution is -0.122. The van der Waals surface area contributed by atoms with Crippen molar-refractivity contribution in [1.29, 1.82) is 0 Å². The van der Waals surface area contributed by atoms with Crippen LogP contribution >= 0.6 is 0 Å². The summed E-state index contributed by atoms with van der Waals surface area (Å²) in [5, 5.41) is 3.07. The Morgan fingerprint density at radius 3 is 3.12 bits per heavy atom. The average molecular weight is 353 g/mol. The van der Waals surface area contributed by atoms with E-state index >= 15 is 0 Å². The molecular formula is C20H20FN3O2. The number of carbonyl (C=O) groups excluding carboxylic acids is 1. The molecule has 5 nitrogen and oxygen atoms in total. The zero-order valence-corrected chi connectivity index (χ0v) is 14.3. The number of ether oxygens (including phenoxy) is 1. The Labute approximate surface area is 150 Å². The highest BCUT2D eigenvalue weighted by Crippen LogP contribution is 2.32. The Morgan fingerprint density at radius 1 is 1.31 bits per heavy atom. The predicted molar refractivity (Wildman–Crippen MR) is 96.4 cm³/mol. The van der Waals surface area contributed by atoms with Crippen LogP contribution in [0.15, 0.2) is 48.8 Å². The maximum Gasteiger partial charge on any atom is 0.222 e. The first-order chi connectivity index (χ1) is 12.7. The van der Waals surface area contributed by atoms with Crippen LogP contribution in [0.25, 0.3) is 11.0 Å². The van der Waals surface area contributed by atoms with Gasteiger partial charge >= 0.3 is 0 Å². The van der Waals surface area contributed by atoms with Gasteiger partial charge in [0.15, 0.2) is 0 Å². The number of hydrogen-bond donors (Lipinski definition) is 1. The molecule has 4 rings (SSSR count). The second-order valence-electron chi connectivity index (χ2n) is 6.47. The molecule has 0 bridgehead atoms. The van der Waals surface area contributed by atoms with Gasteiger partial charge in [-0.3, -0.25) is 4.79 Å². The monoisotopic (exact) mass is 353 g/mol. The van der Waals surface area contributed by atoms with Crippen LogP contribution in [0.1, 0.15) is 30.9 Å². The molecular weight excluding hydrogens is 333 g/mol. The summed E-state index contributed by atoms with van der Waals surface area (Å²) in [6, 6.07) is 12.2. The number of carbonyl (C=O) groups is 1. The van der Waals surface area contributed by atoms with Gasteiger partial charge in [-0.25, -0.2) is 9.37 Å². The summed E-state index contributed by atoms with van der Waals surface area (Å²) in [6.07, 6.45) is 3.70. The maximum absolute atomic E-state index is 13.4. The van der Waals surface area contributed by atoms with E-state index in [1.807, 2.05) is 28.8 Å². The summed E-state index contributed by atoms with van der Waals surface area (Å²) in [4.78, 5) is 16.8. The number of benzene rings is 2. The third kappa shape index (κ3) is 3.40. The molecule has 1 aromatic heterocycles. The Bertz CT molecular complexity index is 938. The smallest absolute Gasteiger partial charge is 0.222 e. The molecule has 0 radical (unpaired) electrons. The Hall–Kier alpha value is -2.89. The molecule has 2 aromatic carbocycles. The fourth-order valence-corrected chi connectivity index (χ4v) is 3.37. The number of aryl methyl sites for hydroxylation is 1. The summed E-state index contributed by atoms with van der Waals surface area (Å²) in [5.74, 6) is 0.154. The predicted octanol–water partition coefficient (Wildman–Crippen LogP) is 3.60. The molecule has 134 valence electrons. The van der Waals surface area contributed by atoms with E-state index in [-0.39, 0.29) is 17.8 Å². The van der Waals surface area contributed by atoms with Crippen LogP contribution in [0, 0.1) is 5.82 Å². The number of nitrogens with zero attached hydrogens (tertiary/aromatic N) is 2. The second kappa shape index (κ2) is 7.15. The van der Waals surface area contributed by atoms with Crippen molar-refractivity contribution in [3.05, 3.63) is 60.2 Å². The molecule has 6 heteroatoms.